The molecule has 14 heteroatoms. The Bertz CT molecular complexity index is 1680. The fraction of sp³-hybridized carbons (Fsp3) is 0.472. The highest BCUT2D eigenvalue weighted by molar-refractivity contribution is 7.92. The molecule has 4 atom stereocenters. The topological polar surface area (TPSA) is 108 Å². The predicted octanol–water partition coefficient (Wildman–Crippen LogP) is 7.09. The van der Waals surface area contributed by atoms with E-state index >= 15 is 0 Å². The van der Waals surface area contributed by atoms with Crippen molar-refractivity contribution in [2.24, 2.45) is 5.92 Å². The summed E-state index contributed by atoms with van der Waals surface area (Å²) in [4.78, 5) is 17.9. The van der Waals surface area contributed by atoms with Gasteiger partial charge in [0, 0.05) is 42.9 Å². The zero-order valence-corrected chi connectivity index (χ0v) is 30.2. The standard InChI is InChI=1S/C36H45ClF3N3O6S/c1-24-20-43(25(2)23-44)35(45)32-19-30(41-50(46,47)31-15-12-29(37)13-16-31)14-17-33(32)49-26(3)7-5-6-18-48-34(24)22-42(4)21-27-8-10-28(11-9-27)36(38,39)40/h8-17,19,24-26,34,41,44H,5-7,18,20-23H2,1-4H3/t24-,25+,26-,34-/m0/s1. The number of benzene rings is 3. The molecule has 0 saturated carbocycles. The molecule has 0 aliphatic carbocycles. The number of rotatable bonds is 9. The quantitative estimate of drug-likeness (QED) is 0.241. The number of amides is 1. The van der Waals surface area contributed by atoms with Crippen LogP contribution >= 0.6 is 11.6 Å². The first-order chi connectivity index (χ1) is 23.6. The number of sulfonamides is 1. The molecular formula is C36H45ClF3N3O6S. The van der Waals surface area contributed by atoms with Gasteiger partial charge in [-0.15, -0.1) is 0 Å². The van der Waals surface area contributed by atoms with E-state index in [9.17, 15) is 31.5 Å². The molecule has 0 aromatic heterocycles. The molecule has 50 heavy (non-hydrogen) atoms. The van der Waals surface area contributed by atoms with Gasteiger partial charge >= 0.3 is 6.18 Å². The van der Waals surface area contributed by atoms with Crippen LogP contribution in [0.15, 0.2) is 71.6 Å². The number of fused-ring (bicyclic) bond motifs is 1. The maximum Gasteiger partial charge on any atom is 0.416 e. The van der Waals surface area contributed by atoms with Crippen LogP contribution in [0.25, 0.3) is 0 Å². The number of nitrogens with one attached hydrogen (secondary N) is 1. The molecule has 3 aromatic rings. The number of carbonyl (C=O) groups excluding carboxylic acids is 1. The van der Waals surface area contributed by atoms with Crippen molar-refractivity contribution in [3.63, 3.8) is 0 Å². The van der Waals surface area contributed by atoms with Gasteiger partial charge in [0.05, 0.1) is 40.9 Å². The molecule has 9 nitrogen and oxygen atoms in total. The Labute approximate surface area is 297 Å². The molecule has 4 rings (SSSR count). The summed E-state index contributed by atoms with van der Waals surface area (Å²) in [5.41, 5.74) is 0.296. The summed E-state index contributed by atoms with van der Waals surface area (Å²) in [7, 11) is -2.15. The van der Waals surface area contributed by atoms with Gasteiger partial charge < -0.3 is 19.5 Å². The number of halogens is 4. The van der Waals surface area contributed by atoms with E-state index in [0.717, 1.165) is 25.0 Å². The Morgan fingerprint density at radius 3 is 2.38 bits per heavy atom. The lowest BCUT2D eigenvalue weighted by Gasteiger charge is -2.36. The van der Waals surface area contributed by atoms with Crippen molar-refractivity contribution in [1.82, 2.24) is 9.80 Å². The second-order valence-corrected chi connectivity index (χ2v) is 15.1. The molecule has 0 unspecified atom stereocenters. The Kier molecular flexibility index (Phi) is 13.6. The highest BCUT2D eigenvalue weighted by atomic mass is 35.5. The van der Waals surface area contributed by atoms with E-state index in [-0.39, 0.29) is 47.4 Å². The van der Waals surface area contributed by atoms with Crippen LogP contribution in [-0.4, -0.2) is 80.8 Å². The maximum atomic E-state index is 14.4. The summed E-state index contributed by atoms with van der Waals surface area (Å²) < 4.78 is 80.7. The summed E-state index contributed by atoms with van der Waals surface area (Å²) in [5.74, 6) is -0.399. The number of aliphatic hydroxyl groups excluding tert-OH is 1. The summed E-state index contributed by atoms with van der Waals surface area (Å²) >= 11 is 5.94. The third-order valence-electron chi connectivity index (χ3n) is 8.65. The van der Waals surface area contributed by atoms with E-state index in [1.165, 1.54) is 53.4 Å². The van der Waals surface area contributed by atoms with Crippen molar-refractivity contribution >= 4 is 33.2 Å². The van der Waals surface area contributed by atoms with Crippen molar-refractivity contribution in [2.75, 3.05) is 38.1 Å². The minimum atomic E-state index is -4.41. The van der Waals surface area contributed by atoms with Gasteiger partial charge in [-0.25, -0.2) is 8.42 Å². The second kappa shape index (κ2) is 17.2. The number of aliphatic hydroxyl groups is 1. The molecule has 1 heterocycles. The highest BCUT2D eigenvalue weighted by Crippen LogP contribution is 2.31. The molecule has 1 amide bonds. The Morgan fingerprint density at radius 1 is 1.06 bits per heavy atom. The zero-order chi connectivity index (χ0) is 36.6. The van der Waals surface area contributed by atoms with Gasteiger partial charge in [-0.1, -0.05) is 30.7 Å². The minimum Gasteiger partial charge on any atom is -0.490 e. The van der Waals surface area contributed by atoms with Gasteiger partial charge in [0.1, 0.15) is 5.75 Å². The van der Waals surface area contributed by atoms with Gasteiger partial charge in [-0.2, -0.15) is 13.2 Å². The van der Waals surface area contributed by atoms with E-state index in [4.69, 9.17) is 21.1 Å². The van der Waals surface area contributed by atoms with Crippen molar-refractivity contribution < 1.29 is 41.0 Å². The van der Waals surface area contributed by atoms with Crippen molar-refractivity contribution in [1.29, 1.82) is 0 Å². The van der Waals surface area contributed by atoms with Gasteiger partial charge in [-0.05, 0) is 100 Å². The number of hydrogen-bond donors (Lipinski definition) is 2. The Morgan fingerprint density at radius 2 is 1.74 bits per heavy atom. The first-order valence-corrected chi connectivity index (χ1v) is 18.4. The smallest absolute Gasteiger partial charge is 0.416 e. The van der Waals surface area contributed by atoms with Crippen LogP contribution in [0.5, 0.6) is 5.75 Å². The number of carbonyl (C=O) groups is 1. The van der Waals surface area contributed by atoms with Crippen molar-refractivity contribution in [2.45, 2.75) is 75.9 Å². The third-order valence-corrected chi connectivity index (χ3v) is 10.3. The maximum absolute atomic E-state index is 14.4. The fourth-order valence-electron chi connectivity index (χ4n) is 5.76. The number of hydrogen-bond acceptors (Lipinski definition) is 7. The summed E-state index contributed by atoms with van der Waals surface area (Å²) in [6, 6.07) is 14.7. The van der Waals surface area contributed by atoms with E-state index in [2.05, 4.69) is 4.72 Å². The van der Waals surface area contributed by atoms with Crippen molar-refractivity contribution in [3.05, 3.63) is 88.4 Å². The van der Waals surface area contributed by atoms with E-state index in [1.807, 2.05) is 25.8 Å². The van der Waals surface area contributed by atoms with E-state index in [1.54, 1.807) is 13.0 Å². The van der Waals surface area contributed by atoms with Crippen LogP contribution in [0.3, 0.4) is 0 Å². The predicted molar refractivity (Wildman–Crippen MR) is 187 cm³/mol. The average molecular weight is 740 g/mol. The monoisotopic (exact) mass is 739 g/mol. The van der Waals surface area contributed by atoms with Crippen LogP contribution in [0.1, 0.15) is 61.5 Å². The number of likely N-dealkylation sites (N-methyl/N-ethyl adjacent to an activating group) is 1. The molecule has 2 N–H and O–H groups in total. The van der Waals surface area contributed by atoms with Crippen LogP contribution in [0.2, 0.25) is 5.02 Å². The van der Waals surface area contributed by atoms with Gasteiger partial charge in [0.15, 0.2) is 0 Å². The van der Waals surface area contributed by atoms with Crippen LogP contribution in [0.4, 0.5) is 18.9 Å². The van der Waals surface area contributed by atoms with Gasteiger partial charge in [0.25, 0.3) is 15.9 Å². The van der Waals surface area contributed by atoms with Crippen LogP contribution in [0, 0.1) is 5.92 Å². The molecule has 3 aromatic carbocycles. The molecule has 1 aliphatic heterocycles. The average Bonchev–Trinajstić information content (AvgIpc) is 3.06. The number of alkyl halides is 3. The number of ether oxygens (including phenoxy) is 2. The Hall–Kier alpha value is -3.36. The molecule has 0 bridgehead atoms. The molecule has 0 spiro atoms. The minimum absolute atomic E-state index is 0.00290. The molecule has 1 aliphatic rings. The molecule has 0 saturated heterocycles. The largest absolute Gasteiger partial charge is 0.490 e. The first-order valence-electron chi connectivity index (χ1n) is 16.5. The lowest BCUT2D eigenvalue weighted by atomic mass is 10.0. The highest BCUT2D eigenvalue weighted by Gasteiger charge is 2.32. The summed E-state index contributed by atoms with van der Waals surface area (Å²) in [6.07, 6.45) is -2.82. The van der Waals surface area contributed by atoms with Gasteiger partial charge in [-0.3, -0.25) is 14.4 Å². The number of anilines is 1. The van der Waals surface area contributed by atoms with E-state index < -0.39 is 33.7 Å². The van der Waals surface area contributed by atoms with Gasteiger partial charge in [0.2, 0.25) is 0 Å². The molecule has 274 valence electrons. The summed E-state index contributed by atoms with van der Waals surface area (Å²) in [5, 5.41) is 10.6. The molecule has 0 fully saturated rings. The fourth-order valence-corrected chi connectivity index (χ4v) is 6.93. The summed E-state index contributed by atoms with van der Waals surface area (Å²) in [6.45, 7) is 6.71. The van der Waals surface area contributed by atoms with E-state index in [0.29, 0.717) is 42.5 Å². The van der Waals surface area contributed by atoms with Crippen molar-refractivity contribution in [3.8, 4) is 5.75 Å². The zero-order valence-electron chi connectivity index (χ0n) is 28.6. The normalized spacial score (nSPS) is 20.5. The Balaban J connectivity index is 1.61. The molecular weight excluding hydrogens is 695 g/mol. The molecule has 0 radical (unpaired) electrons. The lowest BCUT2D eigenvalue weighted by Crippen LogP contribution is -2.47. The second-order valence-electron chi connectivity index (χ2n) is 13.0. The van der Waals surface area contributed by atoms with Crippen LogP contribution in [-0.2, 0) is 27.5 Å². The van der Waals surface area contributed by atoms with Crippen LogP contribution < -0.4 is 9.46 Å². The third kappa shape index (κ3) is 10.8. The number of nitrogens with zero attached hydrogens (tertiary/aromatic N) is 2. The lowest BCUT2D eigenvalue weighted by molar-refractivity contribution is -0.137. The SMILES string of the molecule is C[C@H](CO)N1C[C@H](C)[C@H](CN(C)Cc2ccc(C(F)(F)F)cc2)OCCCC[C@H](C)Oc2ccc(NS(=O)(=O)c3ccc(Cl)cc3)cc2C1=O. The first kappa shape index (κ1) is 39.4.